The number of benzene rings is 1. The summed E-state index contributed by atoms with van der Waals surface area (Å²) in [5.74, 6) is 2.00. The fraction of sp³-hybridized carbons (Fsp3) is 0.667. The third kappa shape index (κ3) is 3.03. The SMILES string of the molecule is CCNC1CC2(CCCCC2)Oc2ccc(OCC)cc21. The van der Waals surface area contributed by atoms with Gasteiger partial charge in [-0.1, -0.05) is 13.3 Å². The minimum absolute atomic E-state index is 0.0607. The maximum absolute atomic E-state index is 6.47. The number of hydrogen-bond donors (Lipinski definition) is 1. The summed E-state index contributed by atoms with van der Waals surface area (Å²) in [6.45, 7) is 5.89. The molecule has 1 aliphatic carbocycles. The van der Waals surface area contributed by atoms with Gasteiger partial charge >= 0.3 is 0 Å². The topological polar surface area (TPSA) is 30.5 Å². The molecule has 1 aromatic carbocycles. The molecule has 1 unspecified atom stereocenters. The highest BCUT2D eigenvalue weighted by atomic mass is 16.5. The van der Waals surface area contributed by atoms with Crippen molar-refractivity contribution >= 4 is 0 Å². The summed E-state index contributed by atoms with van der Waals surface area (Å²) < 4.78 is 12.1. The molecule has 116 valence electrons. The van der Waals surface area contributed by atoms with E-state index in [2.05, 4.69) is 24.4 Å². The van der Waals surface area contributed by atoms with Crippen LogP contribution in [-0.2, 0) is 0 Å². The van der Waals surface area contributed by atoms with Gasteiger partial charge in [-0.05, 0) is 57.4 Å². The molecule has 1 heterocycles. The molecule has 0 saturated heterocycles. The third-order valence-corrected chi connectivity index (χ3v) is 4.79. The first-order valence-corrected chi connectivity index (χ1v) is 8.45. The van der Waals surface area contributed by atoms with Crippen LogP contribution in [0.25, 0.3) is 0 Å². The van der Waals surface area contributed by atoms with E-state index in [1.807, 2.05) is 13.0 Å². The Balaban J connectivity index is 1.90. The first-order valence-electron chi connectivity index (χ1n) is 8.45. The number of fused-ring (bicyclic) bond motifs is 1. The van der Waals surface area contributed by atoms with Gasteiger partial charge in [-0.15, -0.1) is 0 Å². The predicted octanol–water partition coefficient (Wildman–Crippen LogP) is 4.22. The van der Waals surface area contributed by atoms with Gasteiger partial charge < -0.3 is 14.8 Å². The average Bonchev–Trinajstić information content (AvgIpc) is 2.49. The molecule has 1 aliphatic heterocycles. The molecule has 1 spiro atoms. The molecule has 0 radical (unpaired) electrons. The quantitative estimate of drug-likeness (QED) is 0.900. The van der Waals surface area contributed by atoms with E-state index < -0.39 is 0 Å². The summed E-state index contributed by atoms with van der Waals surface area (Å²) in [7, 11) is 0. The van der Waals surface area contributed by atoms with Gasteiger partial charge in [0.25, 0.3) is 0 Å². The second kappa shape index (κ2) is 6.27. The fourth-order valence-corrected chi connectivity index (χ4v) is 3.84. The van der Waals surface area contributed by atoms with Crippen molar-refractivity contribution in [2.24, 2.45) is 0 Å². The Labute approximate surface area is 128 Å². The van der Waals surface area contributed by atoms with Crippen molar-refractivity contribution in [1.29, 1.82) is 0 Å². The predicted molar refractivity (Wildman–Crippen MR) is 85.1 cm³/mol. The largest absolute Gasteiger partial charge is 0.494 e. The van der Waals surface area contributed by atoms with Crippen LogP contribution in [0, 0.1) is 0 Å². The van der Waals surface area contributed by atoms with Crippen LogP contribution in [0.4, 0.5) is 0 Å². The van der Waals surface area contributed by atoms with Crippen LogP contribution in [0.2, 0.25) is 0 Å². The van der Waals surface area contributed by atoms with Gasteiger partial charge in [0.15, 0.2) is 0 Å². The summed E-state index contributed by atoms with van der Waals surface area (Å²) in [6, 6.07) is 6.67. The van der Waals surface area contributed by atoms with Gasteiger partial charge in [0.05, 0.1) is 6.61 Å². The molecule has 1 fully saturated rings. The smallest absolute Gasteiger partial charge is 0.125 e. The lowest BCUT2D eigenvalue weighted by atomic mass is 9.77. The molecule has 0 bridgehead atoms. The number of rotatable bonds is 4. The molecule has 1 N–H and O–H groups in total. The highest BCUT2D eigenvalue weighted by Gasteiger charge is 2.41. The Morgan fingerprint density at radius 2 is 2.05 bits per heavy atom. The molecule has 1 aromatic rings. The number of ether oxygens (including phenoxy) is 2. The van der Waals surface area contributed by atoms with Crippen LogP contribution < -0.4 is 14.8 Å². The van der Waals surface area contributed by atoms with Crippen LogP contribution in [-0.4, -0.2) is 18.8 Å². The van der Waals surface area contributed by atoms with Crippen molar-refractivity contribution in [3.63, 3.8) is 0 Å². The number of nitrogens with one attached hydrogen (secondary N) is 1. The summed E-state index contributed by atoms with van der Waals surface area (Å²) in [6.07, 6.45) is 7.43. The second-order valence-corrected chi connectivity index (χ2v) is 6.29. The molecule has 21 heavy (non-hydrogen) atoms. The van der Waals surface area contributed by atoms with Crippen LogP contribution in [0.5, 0.6) is 11.5 Å². The molecule has 1 atom stereocenters. The van der Waals surface area contributed by atoms with Crippen molar-refractivity contribution in [2.45, 2.75) is 64.0 Å². The van der Waals surface area contributed by atoms with Crippen molar-refractivity contribution in [3.8, 4) is 11.5 Å². The lowest BCUT2D eigenvalue weighted by molar-refractivity contribution is -0.00256. The minimum atomic E-state index is 0.0607. The molecule has 0 aromatic heterocycles. The standard InChI is InChI=1S/C18H27NO2/c1-3-19-16-13-18(10-6-5-7-11-18)21-17-9-8-14(20-4-2)12-15(16)17/h8-9,12,16,19H,3-7,10-11,13H2,1-2H3. The zero-order chi connectivity index (χ0) is 14.7. The van der Waals surface area contributed by atoms with Gasteiger partial charge in [0.2, 0.25) is 0 Å². The Kier molecular flexibility index (Phi) is 4.39. The van der Waals surface area contributed by atoms with E-state index >= 15 is 0 Å². The Hall–Kier alpha value is -1.22. The summed E-state index contributed by atoms with van der Waals surface area (Å²) in [5, 5.41) is 3.65. The molecule has 3 rings (SSSR count). The number of hydrogen-bond acceptors (Lipinski definition) is 3. The molecule has 3 heteroatoms. The average molecular weight is 289 g/mol. The molecular weight excluding hydrogens is 262 g/mol. The summed E-state index contributed by atoms with van der Waals surface area (Å²) >= 11 is 0. The first kappa shape index (κ1) is 14.7. The van der Waals surface area contributed by atoms with Gasteiger partial charge in [0.1, 0.15) is 17.1 Å². The van der Waals surface area contributed by atoms with Crippen LogP contribution >= 0.6 is 0 Å². The lowest BCUT2D eigenvalue weighted by Gasteiger charge is -2.44. The maximum atomic E-state index is 6.47. The van der Waals surface area contributed by atoms with Gasteiger partial charge in [-0.25, -0.2) is 0 Å². The van der Waals surface area contributed by atoms with Crippen LogP contribution in [0.3, 0.4) is 0 Å². The lowest BCUT2D eigenvalue weighted by Crippen LogP contribution is -2.45. The highest BCUT2D eigenvalue weighted by Crippen LogP contribution is 2.46. The zero-order valence-electron chi connectivity index (χ0n) is 13.3. The van der Waals surface area contributed by atoms with E-state index in [4.69, 9.17) is 9.47 Å². The van der Waals surface area contributed by atoms with Crippen molar-refractivity contribution in [3.05, 3.63) is 23.8 Å². The first-order chi connectivity index (χ1) is 10.3. The van der Waals surface area contributed by atoms with Crippen molar-refractivity contribution in [2.75, 3.05) is 13.2 Å². The molecule has 1 saturated carbocycles. The van der Waals surface area contributed by atoms with E-state index in [9.17, 15) is 0 Å². The molecule has 0 amide bonds. The zero-order valence-corrected chi connectivity index (χ0v) is 13.3. The van der Waals surface area contributed by atoms with E-state index in [0.29, 0.717) is 12.6 Å². The van der Waals surface area contributed by atoms with Crippen molar-refractivity contribution in [1.82, 2.24) is 5.32 Å². The molecule has 2 aliphatic rings. The minimum Gasteiger partial charge on any atom is -0.494 e. The monoisotopic (exact) mass is 289 g/mol. The Morgan fingerprint density at radius 3 is 2.76 bits per heavy atom. The highest BCUT2D eigenvalue weighted by molar-refractivity contribution is 5.44. The van der Waals surface area contributed by atoms with E-state index in [1.165, 1.54) is 37.7 Å². The van der Waals surface area contributed by atoms with Crippen molar-refractivity contribution < 1.29 is 9.47 Å². The summed E-state index contributed by atoms with van der Waals surface area (Å²) in [5.41, 5.74) is 1.32. The Morgan fingerprint density at radius 1 is 1.24 bits per heavy atom. The van der Waals surface area contributed by atoms with Gasteiger partial charge in [-0.2, -0.15) is 0 Å². The summed E-state index contributed by atoms with van der Waals surface area (Å²) in [4.78, 5) is 0. The van der Waals surface area contributed by atoms with Gasteiger partial charge in [-0.3, -0.25) is 0 Å². The van der Waals surface area contributed by atoms with Gasteiger partial charge in [0, 0.05) is 18.0 Å². The fourth-order valence-electron chi connectivity index (χ4n) is 3.84. The molecular formula is C18H27NO2. The van der Waals surface area contributed by atoms with E-state index in [1.54, 1.807) is 0 Å². The maximum Gasteiger partial charge on any atom is 0.125 e. The van der Waals surface area contributed by atoms with E-state index in [-0.39, 0.29) is 5.60 Å². The second-order valence-electron chi connectivity index (χ2n) is 6.29. The molecule has 3 nitrogen and oxygen atoms in total. The normalized spacial score (nSPS) is 23.4. The van der Waals surface area contributed by atoms with E-state index in [0.717, 1.165) is 24.5 Å². The van der Waals surface area contributed by atoms with Crippen LogP contribution in [0.1, 0.15) is 64.0 Å². The third-order valence-electron chi connectivity index (χ3n) is 4.79. The Bertz CT molecular complexity index is 480. The van der Waals surface area contributed by atoms with Crippen LogP contribution in [0.15, 0.2) is 18.2 Å².